The summed E-state index contributed by atoms with van der Waals surface area (Å²) in [6.45, 7) is 17.7. The van der Waals surface area contributed by atoms with Crippen molar-refractivity contribution in [3.63, 3.8) is 0 Å². The van der Waals surface area contributed by atoms with Crippen LogP contribution in [0.5, 0.6) is 0 Å². The maximum Gasteiger partial charge on any atom is 0.300 e. The van der Waals surface area contributed by atoms with Crippen molar-refractivity contribution in [2.24, 2.45) is 11.5 Å². The fourth-order valence-corrected chi connectivity index (χ4v) is 9.96. The van der Waals surface area contributed by atoms with Gasteiger partial charge < -0.3 is 41.7 Å². The van der Waals surface area contributed by atoms with Gasteiger partial charge in [0.25, 0.3) is 11.9 Å². The molecule has 0 bridgehead atoms. The van der Waals surface area contributed by atoms with Gasteiger partial charge in [-0.3, -0.25) is 29.0 Å². The molecule has 8 rings (SSSR count). The summed E-state index contributed by atoms with van der Waals surface area (Å²) in [5, 5.41) is 48.9. The molecule has 0 aliphatic carbocycles. The first kappa shape index (κ1) is 65.0. The predicted molar refractivity (Wildman–Crippen MR) is 306 cm³/mol. The second kappa shape index (κ2) is 29.6. The molecule has 0 aromatic heterocycles. The summed E-state index contributed by atoms with van der Waals surface area (Å²) in [5.74, 6) is -2.71. The van der Waals surface area contributed by atoms with E-state index in [1.54, 1.807) is 74.5 Å². The number of halogens is 4. The molecule has 0 saturated carbocycles. The van der Waals surface area contributed by atoms with E-state index in [9.17, 15) is 25.1 Å². The van der Waals surface area contributed by atoms with E-state index in [1.165, 1.54) is 0 Å². The van der Waals surface area contributed by atoms with Gasteiger partial charge in [-0.1, -0.05) is 107 Å². The molecule has 2 fully saturated rings. The zero-order chi connectivity index (χ0) is 57.5. The molecule has 0 spiro atoms. The molecule has 2 saturated heterocycles. The van der Waals surface area contributed by atoms with Crippen LogP contribution in [0.4, 0.5) is 17.1 Å². The van der Waals surface area contributed by atoms with E-state index < -0.39 is 35.0 Å². The quantitative estimate of drug-likeness (QED) is 0.0494. The number of carboxylic acids is 2. The van der Waals surface area contributed by atoms with Crippen LogP contribution in [-0.2, 0) is 41.2 Å². The van der Waals surface area contributed by atoms with Gasteiger partial charge in [0.1, 0.15) is 0 Å². The molecule has 2 heterocycles. The largest absolute Gasteiger partial charge is 0.481 e. The first-order valence-electron chi connectivity index (χ1n) is 24.3. The van der Waals surface area contributed by atoms with Gasteiger partial charge in [-0.05, 0) is 109 Å². The van der Waals surface area contributed by atoms with Crippen molar-refractivity contribution >= 4 is 87.2 Å². The van der Waals surface area contributed by atoms with E-state index >= 15 is 0 Å². The van der Waals surface area contributed by atoms with Crippen molar-refractivity contribution in [1.82, 2.24) is 9.80 Å². The van der Waals surface area contributed by atoms with E-state index in [0.717, 1.165) is 48.5 Å². The number of carbonyl (C=O) groups excluding carboxylic acids is 2. The molecular formula is C58H60Cl4N8O8Pd. The number of β-amino-alcohol motifs (C(OH)–C–C–N with tert-alkyl or cyclic N) is 2. The summed E-state index contributed by atoms with van der Waals surface area (Å²) in [6, 6.07) is 41.7. The molecule has 79 heavy (non-hydrogen) atoms. The molecule has 2 aliphatic heterocycles. The Labute approximate surface area is 493 Å². The van der Waals surface area contributed by atoms with Crippen LogP contribution in [-0.4, -0.2) is 106 Å². The number of rotatable bonds is 12. The van der Waals surface area contributed by atoms with Gasteiger partial charge in [0.2, 0.25) is 11.8 Å². The molecule has 16 nitrogen and oxygen atoms in total. The van der Waals surface area contributed by atoms with E-state index in [2.05, 4.69) is 30.5 Å². The minimum absolute atomic E-state index is 0. The number of amides is 2. The molecule has 4 atom stereocenters. The summed E-state index contributed by atoms with van der Waals surface area (Å²) in [4.78, 5) is 53.3. The minimum Gasteiger partial charge on any atom is -0.481 e. The summed E-state index contributed by atoms with van der Waals surface area (Å²) >= 11 is 25.4. The van der Waals surface area contributed by atoms with Crippen molar-refractivity contribution in [2.45, 2.75) is 51.0 Å². The Morgan fingerprint density at radius 1 is 0.608 bits per heavy atom. The van der Waals surface area contributed by atoms with Crippen LogP contribution >= 0.6 is 46.4 Å². The first-order chi connectivity index (χ1) is 36.8. The van der Waals surface area contributed by atoms with Crippen LogP contribution in [0.15, 0.2) is 133 Å². The second-order valence-corrected chi connectivity index (χ2v) is 20.7. The molecule has 21 heteroatoms. The number of hydrogen-bond acceptors (Lipinski definition) is 11. The van der Waals surface area contributed by atoms with Crippen molar-refractivity contribution in [3.8, 4) is 6.07 Å². The molecule has 6 aromatic rings. The number of aliphatic carboxylic acids is 2. The third-order valence-electron chi connectivity index (χ3n) is 12.8. The number of anilines is 2. The van der Waals surface area contributed by atoms with E-state index in [1.807, 2.05) is 72.8 Å². The molecule has 2 amide bonds. The van der Waals surface area contributed by atoms with Crippen LogP contribution in [0.25, 0.3) is 4.85 Å². The van der Waals surface area contributed by atoms with Gasteiger partial charge in [-0.2, -0.15) is 5.26 Å². The van der Waals surface area contributed by atoms with E-state index in [-0.39, 0.29) is 32.5 Å². The number of primary amides is 2. The van der Waals surface area contributed by atoms with Crippen LogP contribution in [0, 0.1) is 17.9 Å². The van der Waals surface area contributed by atoms with Crippen molar-refractivity contribution in [1.29, 1.82) is 5.26 Å². The Morgan fingerprint density at radius 3 is 1.33 bits per heavy atom. The van der Waals surface area contributed by atoms with Crippen LogP contribution < -0.4 is 21.3 Å². The number of nitriles is 1. The van der Waals surface area contributed by atoms with Gasteiger partial charge in [-0.25, -0.2) is 4.85 Å². The number of piperazine rings is 2. The minimum atomic E-state index is -1.15. The number of carboxylic acid groups (broad SMARTS) is 2. The summed E-state index contributed by atoms with van der Waals surface area (Å²) in [7, 11) is 0. The molecule has 8 N–H and O–H groups in total. The smallest absolute Gasteiger partial charge is 0.300 e. The molecule has 0 unspecified atom stereocenters. The normalized spacial score (nSPS) is 16.6. The third kappa shape index (κ3) is 18.8. The Balaban J connectivity index is 0.000000297. The average Bonchev–Trinajstić information content (AvgIpc) is 3.39. The fourth-order valence-electron chi connectivity index (χ4n) is 9.13. The van der Waals surface area contributed by atoms with Crippen LogP contribution in [0.2, 0.25) is 20.1 Å². The fraction of sp³-hybridized carbons (Fsp3) is 0.276. The Kier molecular flexibility index (Phi) is 24.3. The standard InChI is InChI=1S/C27H28Cl2N4O3.C27H24Cl2N4O.2C2H4O2.Pd/c1-27(36,20-7-2-18(3-8-20)25(30)34)16-32-12-13-33(23-11-6-19(26(31)35)14-22(23)29)24(15-32)17-4-9-21(28)10-5-17;1-27(34,21-6-10-23(31-2)11-7-21)18-32-13-14-33(25-12-3-19(16-30)15-24(25)29)26(17-32)20-4-8-22(28)9-5-20;2*1-2(3)4;/h2-11,14,24,36H,12-13,15-16H2,1H3,(H2,30,34)(H2,31,35);3-12,15,26,34H,13-14,17-18H2,1H3;2*1H3,(H,3,4);/t24-,27+;26-,27+;;;/m00.../s1. The number of nitrogens with two attached hydrogens (primary N) is 2. The van der Waals surface area contributed by atoms with E-state index in [4.69, 9.17) is 84.2 Å². The topological polar surface area (TPSA) is 242 Å². The van der Waals surface area contributed by atoms with Gasteiger partial charge in [0.15, 0.2) is 5.69 Å². The van der Waals surface area contributed by atoms with Gasteiger partial charge >= 0.3 is 0 Å². The predicted octanol–water partition coefficient (Wildman–Crippen LogP) is 10.3. The Hall–Kier alpha value is -6.56. The van der Waals surface area contributed by atoms with Crippen LogP contribution in [0.3, 0.4) is 0 Å². The van der Waals surface area contributed by atoms with E-state index in [0.29, 0.717) is 93.8 Å². The number of hydrogen-bond donors (Lipinski definition) is 6. The molecule has 418 valence electrons. The number of carbonyl (C=O) groups is 4. The molecule has 2 aliphatic rings. The summed E-state index contributed by atoms with van der Waals surface area (Å²) < 4.78 is 0. The van der Waals surface area contributed by atoms with Crippen LogP contribution in [0.1, 0.15) is 88.3 Å². The van der Waals surface area contributed by atoms with Crippen molar-refractivity contribution in [2.75, 3.05) is 62.2 Å². The summed E-state index contributed by atoms with van der Waals surface area (Å²) in [6.07, 6.45) is 0. The Bertz CT molecular complexity index is 3120. The van der Waals surface area contributed by atoms with Gasteiger partial charge in [0, 0.05) is 108 Å². The molecule has 6 aromatic carbocycles. The first-order valence-corrected chi connectivity index (χ1v) is 25.8. The maximum atomic E-state index is 11.6. The monoisotopic (exact) mass is 1240 g/mol. The SMILES string of the molecule is CC(=O)O.CC(=O)O.C[C@@](O)(CN1CCN(c2ccc(C(N)=O)cc2Cl)[C@H](c2ccc(Cl)cc2)C1)c1ccc(C(N)=O)cc1.[C-]#[N+]c1ccc([C@](C)(O)CN2CCN(c3ccc(C#N)cc3Cl)[C@H](c3ccc(Cl)cc3)C2)cc1.[Pd]. The third-order valence-corrected chi connectivity index (χ3v) is 13.9. The summed E-state index contributed by atoms with van der Waals surface area (Å²) in [5.41, 5.74) is 15.6. The zero-order valence-corrected chi connectivity index (χ0v) is 48.2. The number of aliphatic hydroxyl groups is 2. The Morgan fingerprint density at radius 2 is 0.975 bits per heavy atom. The zero-order valence-electron chi connectivity index (χ0n) is 43.6. The van der Waals surface area contributed by atoms with Gasteiger partial charge in [0.05, 0.1) is 62.9 Å². The van der Waals surface area contributed by atoms with Gasteiger partial charge in [-0.15, -0.1) is 0 Å². The molecular weight excluding hydrogens is 1180 g/mol. The number of nitrogens with zero attached hydrogens (tertiary/aromatic N) is 6. The second-order valence-electron chi connectivity index (χ2n) is 19.0. The van der Waals surface area contributed by atoms with Crippen molar-refractivity contribution in [3.05, 3.63) is 204 Å². The maximum absolute atomic E-state index is 11.6. The average molecular weight is 1250 g/mol. The van der Waals surface area contributed by atoms with Crippen molar-refractivity contribution < 1.29 is 60.0 Å². The molecule has 0 radical (unpaired) electrons. The number of benzene rings is 6.